The number of anilines is 1. The quantitative estimate of drug-likeness (QED) is 0.603. The maximum Gasteiger partial charge on any atom is 0.250 e. The number of rotatable bonds is 7. The fourth-order valence-electron chi connectivity index (χ4n) is 2.37. The molecular weight excluding hydrogens is 402 g/mol. The number of hydrogen-bond acceptors (Lipinski definition) is 7. The van der Waals surface area contributed by atoms with Crippen LogP contribution in [-0.4, -0.2) is 19.5 Å². The van der Waals surface area contributed by atoms with E-state index in [0.717, 1.165) is 17.1 Å². The zero-order chi connectivity index (χ0) is 20.3. The molecule has 3 rings (SSSR count). The third-order valence-corrected chi connectivity index (χ3v) is 6.63. The van der Waals surface area contributed by atoms with Gasteiger partial charge in [0.05, 0.1) is 6.54 Å². The Labute approximate surface area is 166 Å². The summed E-state index contributed by atoms with van der Waals surface area (Å²) in [4.78, 5) is 12.0. The van der Waals surface area contributed by atoms with Gasteiger partial charge >= 0.3 is 0 Å². The Morgan fingerprint density at radius 2 is 2.00 bits per heavy atom. The Morgan fingerprint density at radius 3 is 2.68 bits per heavy atom. The molecular formula is C18H19N3O5S2. The molecule has 0 saturated carbocycles. The molecule has 0 saturated heterocycles. The van der Waals surface area contributed by atoms with Gasteiger partial charge in [-0.05, 0) is 50.3 Å². The second kappa shape index (κ2) is 8.13. The average molecular weight is 422 g/mol. The second-order valence-electron chi connectivity index (χ2n) is 6.02. The second-order valence-corrected chi connectivity index (χ2v) is 9.12. The molecule has 0 fully saturated rings. The molecule has 2 N–H and O–H groups in total. The Hall–Kier alpha value is -2.69. The van der Waals surface area contributed by atoms with Crippen molar-refractivity contribution in [3.63, 3.8) is 0 Å². The largest absolute Gasteiger partial charge is 0.465 e. The number of aryl methyl sites for hydroxylation is 2. The van der Waals surface area contributed by atoms with Gasteiger partial charge in [-0.1, -0.05) is 5.16 Å². The number of furan rings is 1. The molecule has 1 amide bonds. The van der Waals surface area contributed by atoms with E-state index in [4.69, 9.17) is 8.94 Å². The highest BCUT2D eigenvalue weighted by molar-refractivity contribution is 7.91. The third-order valence-electron chi connectivity index (χ3n) is 3.69. The van der Waals surface area contributed by atoms with E-state index in [1.165, 1.54) is 13.0 Å². The van der Waals surface area contributed by atoms with Crippen molar-refractivity contribution in [2.75, 3.05) is 5.32 Å². The summed E-state index contributed by atoms with van der Waals surface area (Å²) in [7, 11) is -3.65. The number of sulfonamides is 1. The number of aromatic nitrogens is 1. The maximum absolute atomic E-state index is 12.4. The summed E-state index contributed by atoms with van der Waals surface area (Å²) in [5.41, 5.74) is 1.05. The zero-order valence-electron chi connectivity index (χ0n) is 15.5. The SMILES string of the molecule is CC(=O)Nc1c(C)noc1/C=C/c1ccc(S(=O)(=O)NCc2ccc(C)o2)s1. The number of carbonyl (C=O) groups excluding carboxylic acids is 1. The van der Waals surface area contributed by atoms with Crippen LogP contribution >= 0.6 is 11.3 Å². The highest BCUT2D eigenvalue weighted by Crippen LogP contribution is 2.26. The summed E-state index contributed by atoms with van der Waals surface area (Å²) in [5.74, 6) is 1.42. The predicted octanol–water partition coefficient (Wildman–Crippen LogP) is 3.55. The summed E-state index contributed by atoms with van der Waals surface area (Å²) in [6.07, 6.45) is 3.33. The van der Waals surface area contributed by atoms with Crippen LogP contribution in [0.1, 0.15) is 34.8 Å². The number of nitrogens with one attached hydrogen (secondary N) is 2. The molecule has 10 heteroatoms. The minimum Gasteiger partial charge on any atom is -0.465 e. The molecule has 3 aromatic rings. The highest BCUT2D eigenvalue weighted by atomic mass is 32.2. The summed E-state index contributed by atoms with van der Waals surface area (Å²) < 4.78 is 38.1. The molecule has 3 heterocycles. The lowest BCUT2D eigenvalue weighted by atomic mass is 10.2. The minimum absolute atomic E-state index is 0.0800. The van der Waals surface area contributed by atoms with Crippen LogP contribution in [0, 0.1) is 13.8 Å². The highest BCUT2D eigenvalue weighted by Gasteiger charge is 2.17. The standard InChI is InChI=1S/C18H19N3O5S2/c1-11-4-5-14(25-11)10-19-28(23,24)17-9-7-15(27-17)6-8-16-18(20-13(3)22)12(2)21-26-16/h4-9,19H,10H2,1-3H3,(H,20,22)/b8-6+. The predicted molar refractivity (Wildman–Crippen MR) is 106 cm³/mol. The third kappa shape index (κ3) is 4.77. The molecule has 8 nitrogen and oxygen atoms in total. The summed E-state index contributed by atoms with van der Waals surface area (Å²) in [6.45, 7) is 4.99. The lowest BCUT2D eigenvalue weighted by Crippen LogP contribution is -2.22. The molecule has 0 radical (unpaired) electrons. The number of thiophene rings is 1. The Bertz CT molecular complexity index is 1120. The van der Waals surface area contributed by atoms with Crippen LogP contribution in [0.15, 0.2) is 37.4 Å². The first-order valence-electron chi connectivity index (χ1n) is 8.31. The Morgan fingerprint density at radius 1 is 1.21 bits per heavy atom. The maximum atomic E-state index is 12.4. The van der Waals surface area contributed by atoms with Crippen molar-refractivity contribution >= 4 is 45.1 Å². The van der Waals surface area contributed by atoms with E-state index in [0.29, 0.717) is 27.8 Å². The summed E-state index contributed by atoms with van der Waals surface area (Å²) >= 11 is 1.11. The molecule has 0 aliphatic rings. The minimum atomic E-state index is -3.65. The van der Waals surface area contributed by atoms with Gasteiger partial charge in [0.1, 0.15) is 27.1 Å². The lowest BCUT2D eigenvalue weighted by molar-refractivity contribution is -0.114. The van der Waals surface area contributed by atoms with Crippen LogP contribution in [0.3, 0.4) is 0 Å². The van der Waals surface area contributed by atoms with E-state index >= 15 is 0 Å². The van der Waals surface area contributed by atoms with Crippen LogP contribution < -0.4 is 10.0 Å². The number of nitrogens with zero attached hydrogens (tertiary/aromatic N) is 1. The monoisotopic (exact) mass is 421 g/mol. The molecule has 0 spiro atoms. The fraction of sp³-hybridized carbons (Fsp3) is 0.222. The van der Waals surface area contributed by atoms with Crippen LogP contribution in [0.4, 0.5) is 5.69 Å². The molecule has 0 unspecified atom stereocenters. The van der Waals surface area contributed by atoms with Crippen molar-refractivity contribution < 1.29 is 22.2 Å². The van der Waals surface area contributed by atoms with Crippen molar-refractivity contribution in [3.8, 4) is 0 Å². The molecule has 0 aliphatic heterocycles. The number of amides is 1. The van der Waals surface area contributed by atoms with Gasteiger partial charge in [0, 0.05) is 11.8 Å². The molecule has 3 aromatic heterocycles. The van der Waals surface area contributed by atoms with E-state index in [-0.39, 0.29) is 16.7 Å². The van der Waals surface area contributed by atoms with Gasteiger partial charge in [0.15, 0.2) is 5.76 Å². The van der Waals surface area contributed by atoms with Gasteiger partial charge in [-0.15, -0.1) is 11.3 Å². The zero-order valence-corrected chi connectivity index (χ0v) is 17.1. The molecule has 28 heavy (non-hydrogen) atoms. The van der Waals surface area contributed by atoms with Crippen molar-refractivity contribution in [1.82, 2.24) is 9.88 Å². The van der Waals surface area contributed by atoms with E-state index in [2.05, 4.69) is 15.2 Å². The van der Waals surface area contributed by atoms with E-state index < -0.39 is 10.0 Å². The summed E-state index contributed by atoms with van der Waals surface area (Å²) in [5, 5.41) is 6.49. The number of hydrogen-bond donors (Lipinski definition) is 2. The van der Waals surface area contributed by atoms with Crippen LogP contribution in [0.25, 0.3) is 12.2 Å². The van der Waals surface area contributed by atoms with Gasteiger partial charge in [-0.2, -0.15) is 0 Å². The summed E-state index contributed by atoms with van der Waals surface area (Å²) in [6, 6.07) is 6.72. The molecule has 0 atom stereocenters. The van der Waals surface area contributed by atoms with Crippen molar-refractivity contribution in [1.29, 1.82) is 0 Å². The normalized spacial score (nSPS) is 12.0. The topological polar surface area (TPSA) is 114 Å². The van der Waals surface area contributed by atoms with Gasteiger partial charge in [0.2, 0.25) is 15.9 Å². The van der Waals surface area contributed by atoms with Gasteiger partial charge in [-0.25, -0.2) is 13.1 Å². The molecule has 0 bridgehead atoms. The van der Waals surface area contributed by atoms with Crippen LogP contribution in [0.5, 0.6) is 0 Å². The first kappa shape index (κ1) is 20.1. The van der Waals surface area contributed by atoms with Gasteiger partial charge in [-0.3, -0.25) is 4.79 Å². The molecule has 0 aliphatic carbocycles. The molecule has 0 aromatic carbocycles. The number of carbonyl (C=O) groups is 1. The van der Waals surface area contributed by atoms with Crippen molar-refractivity contribution in [2.45, 2.75) is 31.5 Å². The van der Waals surface area contributed by atoms with Crippen LogP contribution in [-0.2, 0) is 21.4 Å². The van der Waals surface area contributed by atoms with Gasteiger partial charge < -0.3 is 14.3 Å². The Kier molecular flexibility index (Phi) is 5.82. The smallest absolute Gasteiger partial charge is 0.250 e. The van der Waals surface area contributed by atoms with E-state index in [1.54, 1.807) is 44.2 Å². The Balaban J connectivity index is 1.71. The first-order chi connectivity index (χ1) is 13.2. The van der Waals surface area contributed by atoms with E-state index in [1.807, 2.05) is 0 Å². The van der Waals surface area contributed by atoms with Crippen LogP contribution in [0.2, 0.25) is 0 Å². The fourth-order valence-corrected chi connectivity index (χ4v) is 4.64. The van der Waals surface area contributed by atoms with E-state index in [9.17, 15) is 13.2 Å². The van der Waals surface area contributed by atoms with Crippen molar-refractivity contribution in [2.24, 2.45) is 0 Å². The average Bonchev–Trinajstić information content (AvgIpc) is 3.34. The molecule has 148 valence electrons. The van der Waals surface area contributed by atoms with Gasteiger partial charge in [0.25, 0.3) is 0 Å². The first-order valence-corrected chi connectivity index (χ1v) is 10.6. The lowest BCUT2D eigenvalue weighted by Gasteiger charge is -2.02. The van der Waals surface area contributed by atoms with Crippen molar-refractivity contribution in [3.05, 3.63) is 52.1 Å².